The molecule has 4 N–H and O–H groups in total. The maximum Gasteiger partial charge on any atom is 0.0689 e. The van der Waals surface area contributed by atoms with E-state index in [1.807, 2.05) is 0 Å². The van der Waals surface area contributed by atoms with E-state index in [0.29, 0.717) is 0 Å². The molecular formula is H4N3O6Zn-. The van der Waals surface area contributed by atoms with Gasteiger partial charge in [0.2, 0.25) is 0 Å². The van der Waals surface area contributed by atoms with Gasteiger partial charge in [-0.15, -0.1) is 0 Å². The quantitative estimate of drug-likeness (QED) is 0.330. The SMILES string of the molecule is O=[N+]([O-])[O-].O=[N+]([O-])[O-].[NH4+].[Zn]. The van der Waals surface area contributed by atoms with Crippen LogP contribution in [0.4, 0.5) is 0 Å². The normalized spacial score (nSPS) is 4.80. The van der Waals surface area contributed by atoms with Crippen LogP contribution in [0.1, 0.15) is 0 Å². The Labute approximate surface area is 67.2 Å². The van der Waals surface area contributed by atoms with Gasteiger partial charge in [0.05, 0.1) is 10.2 Å². The van der Waals surface area contributed by atoms with Gasteiger partial charge in [0.15, 0.2) is 0 Å². The van der Waals surface area contributed by atoms with Crippen molar-refractivity contribution < 1.29 is 29.7 Å². The number of quaternary nitrogens is 1. The Kier molecular flexibility index (Phi) is 36.1. The number of nitrogens with zero attached hydrogens (tertiary/aromatic N) is 2. The summed E-state index contributed by atoms with van der Waals surface area (Å²) in [4.78, 5) is 16.5. The van der Waals surface area contributed by atoms with Crippen molar-refractivity contribution in [2.75, 3.05) is 0 Å². The Morgan fingerprint density at radius 1 is 0.800 bits per heavy atom. The van der Waals surface area contributed by atoms with E-state index in [0.717, 1.165) is 0 Å². The van der Waals surface area contributed by atoms with Crippen LogP contribution in [-0.2, 0) is 19.5 Å². The molecular weight excluding hydrogens is 203 g/mol. The molecule has 0 amide bonds. The second-order valence-corrected chi connectivity index (χ2v) is 0.447. The van der Waals surface area contributed by atoms with Gasteiger partial charge in [0.1, 0.15) is 0 Å². The summed E-state index contributed by atoms with van der Waals surface area (Å²) in [5.41, 5.74) is 0. The maximum absolute atomic E-state index is 8.25. The number of hydrogen-bond acceptors (Lipinski definition) is 6. The molecule has 0 bridgehead atoms. The summed E-state index contributed by atoms with van der Waals surface area (Å²) < 4.78 is 0. The first-order valence-corrected chi connectivity index (χ1v) is 1.10. The van der Waals surface area contributed by atoms with Gasteiger partial charge in [0, 0.05) is 19.5 Å². The summed E-state index contributed by atoms with van der Waals surface area (Å²) in [5.74, 6) is 0. The fraction of sp³-hybridized carbons (Fsp3) is 0. The van der Waals surface area contributed by atoms with Gasteiger partial charge in [-0.1, -0.05) is 0 Å². The minimum Gasteiger partial charge on any atom is -0.369 e. The maximum atomic E-state index is 8.25. The van der Waals surface area contributed by atoms with Crippen LogP contribution in [-0.4, -0.2) is 10.2 Å². The average molecular weight is 207 g/mol. The van der Waals surface area contributed by atoms with Gasteiger partial charge in [-0.3, -0.25) is 0 Å². The van der Waals surface area contributed by atoms with E-state index in [2.05, 4.69) is 0 Å². The fourth-order valence-corrected chi connectivity index (χ4v) is 0. The van der Waals surface area contributed by atoms with Gasteiger partial charge >= 0.3 is 0 Å². The van der Waals surface area contributed by atoms with Gasteiger partial charge in [0.25, 0.3) is 0 Å². The van der Waals surface area contributed by atoms with Crippen molar-refractivity contribution in [1.82, 2.24) is 6.15 Å². The fourth-order valence-electron chi connectivity index (χ4n) is 0. The summed E-state index contributed by atoms with van der Waals surface area (Å²) in [6.45, 7) is 0. The summed E-state index contributed by atoms with van der Waals surface area (Å²) >= 11 is 0. The summed E-state index contributed by atoms with van der Waals surface area (Å²) in [5, 5.41) is 29.5. The monoisotopic (exact) mass is 206 g/mol. The van der Waals surface area contributed by atoms with Crippen molar-refractivity contribution >= 4 is 0 Å². The van der Waals surface area contributed by atoms with Crippen LogP contribution in [0, 0.1) is 30.6 Å². The van der Waals surface area contributed by atoms with Gasteiger partial charge in [-0.05, 0) is 0 Å². The first-order valence-electron chi connectivity index (χ1n) is 1.10. The molecule has 0 aliphatic rings. The largest absolute Gasteiger partial charge is 0.369 e. The Morgan fingerprint density at radius 2 is 0.800 bits per heavy atom. The number of rotatable bonds is 0. The molecule has 0 aliphatic heterocycles. The topological polar surface area (TPSA) is 169 Å². The van der Waals surface area contributed by atoms with Crippen LogP contribution in [0.5, 0.6) is 0 Å². The van der Waals surface area contributed by atoms with E-state index in [-0.39, 0.29) is 25.6 Å². The predicted octanol–water partition coefficient (Wildman–Crippen LogP) is -0.105. The van der Waals surface area contributed by atoms with E-state index in [4.69, 9.17) is 30.6 Å². The first kappa shape index (κ1) is 23.1. The molecule has 0 fully saturated rings. The second-order valence-electron chi connectivity index (χ2n) is 0.447. The van der Waals surface area contributed by atoms with Crippen molar-refractivity contribution in [3.8, 4) is 0 Å². The molecule has 9 nitrogen and oxygen atoms in total. The minimum absolute atomic E-state index is 0. The van der Waals surface area contributed by atoms with Crippen LogP contribution in [0.25, 0.3) is 0 Å². The molecule has 0 aromatic rings. The molecule has 0 aromatic carbocycles. The van der Waals surface area contributed by atoms with Crippen molar-refractivity contribution in [2.24, 2.45) is 0 Å². The third kappa shape index (κ3) is 242. The van der Waals surface area contributed by atoms with Crippen LogP contribution >= 0.6 is 0 Å². The molecule has 58 valence electrons. The molecule has 0 unspecified atom stereocenters. The minimum atomic E-state index is -1.75. The van der Waals surface area contributed by atoms with Crippen molar-refractivity contribution in [2.45, 2.75) is 0 Å². The molecule has 0 spiro atoms. The van der Waals surface area contributed by atoms with Crippen LogP contribution < -0.4 is 6.15 Å². The Morgan fingerprint density at radius 3 is 0.800 bits per heavy atom. The van der Waals surface area contributed by atoms with Crippen molar-refractivity contribution in [3.05, 3.63) is 30.6 Å². The molecule has 10 heteroatoms. The zero-order valence-electron chi connectivity index (χ0n) is 5.05. The molecule has 0 aromatic heterocycles. The van der Waals surface area contributed by atoms with Crippen LogP contribution in [0.3, 0.4) is 0 Å². The summed E-state index contributed by atoms with van der Waals surface area (Å²) in [6.07, 6.45) is 0. The molecule has 0 rings (SSSR count). The predicted molar refractivity (Wildman–Crippen MR) is 26.7 cm³/mol. The van der Waals surface area contributed by atoms with Gasteiger partial charge in [-0.2, -0.15) is 0 Å². The van der Waals surface area contributed by atoms with E-state index < -0.39 is 10.2 Å². The third-order valence-electron chi connectivity index (χ3n) is 0. The number of hydrogen-bond donors (Lipinski definition) is 1. The van der Waals surface area contributed by atoms with Crippen molar-refractivity contribution in [3.63, 3.8) is 0 Å². The molecule has 10 heavy (non-hydrogen) atoms. The van der Waals surface area contributed by atoms with Gasteiger partial charge in [-0.25, -0.2) is 0 Å². The van der Waals surface area contributed by atoms with Crippen LogP contribution in [0.2, 0.25) is 0 Å². The third-order valence-corrected chi connectivity index (χ3v) is 0. The van der Waals surface area contributed by atoms with E-state index in [1.165, 1.54) is 0 Å². The zero-order valence-corrected chi connectivity index (χ0v) is 8.02. The summed E-state index contributed by atoms with van der Waals surface area (Å²) in [6, 6.07) is 0. The molecule has 0 radical (unpaired) electrons. The molecule has 0 atom stereocenters. The Hall–Kier alpha value is -1.02. The van der Waals surface area contributed by atoms with E-state index >= 15 is 0 Å². The first-order chi connectivity index (χ1) is 3.46. The Balaban J connectivity index is -0.0000000300. The standard InChI is InChI=1S/2NO3.H3N.Zn/c2*2-1(3)4;;/h;;1H3;/q2*-1;;/p+1. The van der Waals surface area contributed by atoms with Crippen LogP contribution in [0.15, 0.2) is 0 Å². The zero-order chi connectivity index (χ0) is 7.15. The van der Waals surface area contributed by atoms with E-state index in [1.54, 1.807) is 0 Å². The van der Waals surface area contributed by atoms with E-state index in [9.17, 15) is 0 Å². The molecule has 0 saturated carbocycles. The molecule has 0 aliphatic carbocycles. The molecule has 0 saturated heterocycles. The smallest absolute Gasteiger partial charge is 0.0689 e. The average Bonchev–Trinajstić information content (AvgIpc) is 1.25. The van der Waals surface area contributed by atoms with Crippen molar-refractivity contribution in [1.29, 1.82) is 0 Å². The molecule has 0 heterocycles. The Bertz CT molecular complexity index is 71.0. The summed E-state index contributed by atoms with van der Waals surface area (Å²) in [7, 11) is 0. The van der Waals surface area contributed by atoms with Gasteiger partial charge < -0.3 is 36.8 Å². The second kappa shape index (κ2) is 15.7.